The number of benzene rings is 2. The molecule has 2 amide bonds. The van der Waals surface area contributed by atoms with Crippen molar-refractivity contribution in [1.29, 1.82) is 0 Å². The Morgan fingerprint density at radius 2 is 2.00 bits per heavy atom. The summed E-state index contributed by atoms with van der Waals surface area (Å²) in [4.78, 5) is 28.0. The van der Waals surface area contributed by atoms with Gasteiger partial charge in [-0.05, 0) is 67.6 Å². The number of nitrogens with one attached hydrogen (secondary N) is 1. The zero-order valence-corrected chi connectivity index (χ0v) is 18.0. The van der Waals surface area contributed by atoms with Crippen molar-refractivity contribution in [1.82, 2.24) is 10.2 Å². The fraction of sp³-hybridized carbons (Fsp3) is 0.440. The number of hydrogen-bond acceptors (Lipinski definition) is 4. The lowest BCUT2D eigenvalue weighted by Crippen LogP contribution is -2.58. The Balaban J connectivity index is 1.53. The summed E-state index contributed by atoms with van der Waals surface area (Å²) >= 11 is 0. The minimum atomic E-state index is -0.423. The number of amides is 2. The second kappa shape index (κ2) is 7.59. The number of ether oxygens (including phenoxy) is 2. The molecule has 3 atom stereocenters. The molecular formula is C25H28N2O4. The third kappa shape index (κ3) is 3.44. The summed E-state index contributed by atoms with van der Waals surface area (Å²) in [6, 6.07) is 13.4. The van der Waals surface area contributed by atoms with Gasteiger partial charge in [0.2, 0.25) is 5.91 Å². The van der Waals surface area contributed by atoms with Crippen LogP contribution in [0.2, 0.25) is 0 Å². The largest absolute Gasteiger partial charge is 0.497 e. The lowest BCUT2D eigenvalue weighted by molar-refractivity contribution is -0.120. The van der Waals surface area contributed by atoms with E-state index >= 15 is 0 Å². The molecule has 2 saturated heterocycles. The molecule has 0 bridgehead atoms. The van der Waals surface area contributed by atoms with Gasteiger partial charge < -0.3 is 19.7 Å². The highest BCUT2D eigenvalue weighted by molar-refractivity contribution is 5.95. The van der Waals surface area contributed by atoms with E-state index in [1.54, 1.807) is 7.11 Å². The first-order valence-corrected chi connectivity index (χ1v) is 11.0. The zero-order chi connectivity index (χ0) is 21.6. The Kier molecular flexibility index (Phi) is 4.88. The number of nitrogens with zero attached hydrogens (tertiary/aromatic N) is 1. The second-order valence-corrected chi connectivity index (χ2v) is 8.94. The molecule has 1 spiro atoms. The van der Waals surface area contributed by atoms with Crippen molar-refractivity contribution < 1.29 is 19.1 Å². The maximum atomic E-state index is 13.8. The molecule has 0 aliphatic carbocycles. The first kappa shape index (κ1) is 19.9. The lowest BCUT2D eigenvalue weighted by atomic mass is 9.76. The van der Waals surface area contributed by atoms with Crippen LogP contribution in [0.4, 0.5) is 0 Å². The molecule has 6 heteroatoms. The lowest BCUT2D eigenvalue weighted by Gasteiger charge is -2.48. The molecule has 162 valence electrons. The molecule has 3 heterocycles. The molecular weight excluding hydrogens is 392 g/mol. The smallest absolute Gasteiger partial charge is 0.254 e. The van der Waals surface area contributed by atoms with E-state index in [1.807, 2.05) is 54.3 Å². The Bertz CT molecular complexity index is 1020. The third-order valence-electron chi connectivity index (χ3n) is 6.88. The van der Waals surface area contributed by atoms with E-state index in [2.05, 4.69) is 5.32 Å². The van der Waals surface area contributed by atoms with Crippen LogP contribution in [-0.2, 0) is 11.2 Å². The van der Waals surface area contributed by atoms with Crippen molar-refractivity contribution in [3.05, 3.63) is 59.2 Å². The van der Waals surface area contributed by atoms with Gasteiger partial charge in [-0.1, -0.05) is 12.1 Å². The highest BCUT2D eigenvalue weighted by atomic mass is 16.5. The van der Waals surface area contributed by atoms with E-state index in [0.29, 0.717) is 18.5 Å². The molecule has 3 aliphatic heterocycles. The van der Waals surface area contributed by atoms with Gasteiger partial charge in [-0.15, -0.1) is 0 Å². The average molecular weight is 421 g/mol. The third-order valence-corrected chi connectivity index (χ3v) is 6.88. The Morgan fingerprint density at radius 1 is 1.19 bits per heavy atom. The van der Waals surface area contributed by atoms with Gasteiger partial charge in [-0.2, -0.15) is 0 Å². The molecule has 0 saturated carbocycles. The van der Waals surface area contributed by atoms with E-state index in [9.17, 15) is 9.59 Å². The summed E-state index contributed by atoms with van der Waals surface area (Å²) in [5.41, 5.74) is 2.36. The number of methoxy groups -OCH3 is 1. The number of hydrogen-bond donors (Lipinski definition) is 1. The summed E-state index contributed by atoms with van der Waals surface area (Å²) in [5.74, 6) is 1.71. The van der Waals surface area contributed by atoms with E-state index in [1.165, 1.54) is 0 Å². The normalized spacial score (nSPS) is 27.0. The monoisotopic (exact) mass is 420 g/mol. The van der Waals surface area contributed by atoms with Gasteiger partial charge in [-0.3, -0.25) is 9.59 Å². The number of likely N-dealkylation sites (tertiary alicyclic amines) is 1. The maximum absolute atomic E-state index is 13.8. The van der Waals surface area contributed by atoms with Gasteiger partial charge >= 0.3 is 0 Å². The van der Waals surface area contributed by atoms with Gasteiger partial charge in [0.15, 0.2) is 0 Å². The first-order valence-electron chi connectivity index (χ1n) is 11.0. The highest BCUT2D eigenvalue weighted by Gasteiger charge is 2.50. The average Bonchev–Trinajstić information content (AvgIpc) is 3.34. The predicted molar refractivity (Wildman–Crippen MR) is 116 cm³/mol. The van der Waals surface area contributed by atoms with Crippen LogP contribution in [-0.4, -0.2) is 42.0 Å². The minimum absolute atomic E-state index is 0.00314. The maximum Gasteiger partial charge on any atom is 0.254 e. The van der Waals surface area contributed by atoms with Crippen molar-refractivity contribution in [2.75, 3.05) is 13.7 Å². The molecule has 5 rings (SSSR count). The Hall–Kier alpha value is -3.02. The van der Waals surface area contributed by atoms with Crippen LogP contribution in [0.1, 0.15) is 60.1 Å². The van der Waals surface area contributed by atoms with Crippen LogP contribution < -0.4 is 14.8 Å². The van der Waals surface area contributed by atoms with E-state index in [4.69, 9.17) is 9.47 Å². The quantitative estimate of drug-likeness (QED) is 0.823. The van der Waals surface area contributed by atoms with Gasteiger partial charge in [0.1, 0.15) is 17.6 Å². The van der Waals surface area contributed by atoms with E-state index in [-0.39, 0.29) is 24.0 Å². The van der Waals surface area contributed by atoms with Crippen molar-refractivity contribution in [2.45, 2.75) is 56.7 Å². The van der Waals surface area contributed by atoms with Crippen LogP contribution in [0.25, 0.3) is 0 Å². The fourth-order valence-corrected chi connectivity index (χ4v) is 5.49. The van der Waals surface area contributed by atoms with Crippen molar-refractivity contribution in [3.63, 3.8) is 0 Å². The van der Waals surface area contributed by atoms with Gasteiger partial charge in [0, 0.05) is 24.9 Å². The second-order valence-electron chi connectivity index (χ2n) is 8.94. The van der Waals surface area contributed by atoms with Crippen LogP contribution >= 0.6 is 0 Å². The van der Waals surface area contributed by atoms with E-state index in [0.717, 1.165) is 48.3 Å². The summed E-state index contributed by atoms with van der Waals surface area (Å²) < 4.78 is 11.1. The number of fused-ring (bicyclic) bond motifs is 1. The SMILES string of the molecule is COc1ccc([C@H]2N(C(=O)c3ccc4c(c3)C[C@@H](C)O4)CCC[C@]23CCC(=O)N3)cc1. The highest BCUT2D eigenvalue weighted by Crippen LogP contribution is 2.45. The van der Waals surface area contributed by atoms with Crippen molar-refractivity contribution >= 4 is 11.8 Å². The molecule has 2 aromatic carbocycles. The summed E-state index contributed by atoms with van der Waals surface area (Å²) in [6.45, 7) is 2.70. The standard InChI is InChI=1S/C25H28N2O4/c1-16-14-19-15-18(6-9-21(19)31-16)24(29)27-13-3-11-25(12-10-22(28)26-25)23(27)17-4-7-20(30-2)8-5-17/h4-9,15-16,23H,3,10-14H2,1-2H3,(H,26,28)/t16-,23-,25+/m1/s1. The van der Waals surface area contributed by atoms with E-state index < -0.39 is 5.54 Å². The van der Waals surface area contributed by atoms with Crippen LogP contribution in [0, 0.1) is 0 Å². The molecule has 1 N–H and O–H groups in total. The molecule has 3 aliphatic rings. The first-order chi connectivity index (χ1) is 15.0. The van der Waals surface area contributed by atoms with Crippen molar-refractivity contribution in [3.8, 4) is 11.5 Å². The minimum Gasteiger partial charge on any atom is -0.497 e. The number of piperidine rings is 1. The van der Waals surface area contributed by atoms with Gasteiger partial charge in [-0.25, -0.2) is 0 Å². The molecule has 2 fully saturated rings. The van der Waals surface area contributed by atoms with Crippen LogP contribution in [0.5, 0.6) is 11.5 Å². The van der Waals surface area contributed by atoms with Gasteiger partial charge in [0.05, 0.1) is 18.7 Å². The topological polar surface area (TPSA) is 67.9 Å². The van der Waals surface area contributed by atoms with Crippen LogP contribution in [0.15, 0.2) is 42.5 Å². The summed E-state index contributed by atoms with van der Waals surface area (Å²) in [7, 11) is 1.64. The summed E-state index contributed by atoms with van der Waals surface area (Å²) in [6.07, 6.45) is 3.93. The van der Waals surface area contributed by atoms with Crippen molar-refractivity contribution in [2.24, 2.45) is 0 Å². The Labute approximate surface area is 182 Å². The molecule has 0 aromatic heterocycles. The number of carbonyl (C=O) groups is 2. The molecule has 2 aromatic rings. The zero-order valence-electron chi connectivity index (χ0n) is 18.0. The fourth-order valence-electron chi connectivity index (χ4n) is 5.49. The molecule has 6 nitrogen and oxygen atoms in total. The number of carbonyl (C=O) groups excluding carboxylic acids is 2. The molecule has 0 radical (unpaired) electrons. The Morgan fingerprint density at radius 3 is 2.71 bits per heavy atom. The van der Waals surface area contributed by atoms with Gasteiger partial charge in [0.25, 0.3) is 5.91 Å². The number of rotatable bonds is 3. The molecule has 0 unspecified atom stereocenters. The predicted octanol–water partition coefficient (Wildman–Crippen LogP) is 3.64. The van der Waals surface area contributed by atoms with Crippen LogP contribution in [0.3, 0.4) is 0 Å². The summed E-state index contributed by atoms with van der Waals surface area (Å²) in [5, 5.41) is 3.25. The molecule has 31 heavy (non-hydrogen) atoms.